The van der Waals surface area contributed by atoms with Crippen LogP contribution in [0.2, 0.25) is 0 Å². The zero-order valence-electron chi connectivity index (χ0n) is 14.1. The fraction of sp³-hybridized carbons (Fsp3) is 0.524. The van der Waals surface area contributed by atoms with E-state index < -0.39 is 0 Å². The molecule has 122 valence electrons. The van der Waals surface area contributed by atoms with Crippen LogP contribution in [-0.2, 0) is 6.42 Å². The molecule has 0 bridgehead atoms. The van der Waals surface area contributed by atoms with Crippen molar-refractivity contribution in [1.29, 1.82) is 0 Å². The molecule has 1 aromatic carbocycles. The van der Waals surface area contributed by atoms with E-state index in [1.807, 2.05) is 12.1 Å². The van der Waals surface area contributed by atoms with Crippen molar-refractivity contribution in [3.63, 3.8) is 0 Å². The molecule has 0 atom stereocenters. The van der Waals surface area contributed by atoms with Gasteiger partial charge in [-0.15, -0.1) is 0 Å². The molecule has 0 aliphatic heterocycles. The summed E-state index contributed by atoms with van der Waals surface area (Å²) in [6, 6.07) is 7.62. The van der Waals surface area contributed by atoms with Gasteiger partial charge in [0.25, 0.3) is 0 Å². The van der Waals surface area contributed by atoms with Crippen molar-refractivity contribution in [2.75, 3.05) is 0 Å². The zero-order valence-corrected chi connectivity index (χ0v) is 14.1. The molecule has 0 aromatic heterocycles. The molecular formula is C21H32O. The highest BCUT2D eigenvalue weighted by Gasteiger charge is 1.95. The van der Waals surface area contributed by atoms with Gasteiger partial charge in [0.2, 0.25) is 0 Å². The summed E-state index contributed by atoms with van der Waals surface area (Å²) in [6.07, 6.45) is 21.4. The molecule has 0 aliphatic rings. The maximum absolute atomic E-state index is 9.40. The van der Waals surface area contributed by atoms with Crippen molar-refractivity contribution >= 4 is 0 Å². The highest BCUT2D eigenvalue weighted by molar-refractivity contribution is 5.27. The molecule has 1 aromatic rings. The maximum atomic E-state index is 9.40. The lowest BCUT2D eigenvalue weighted by molar-refractivity contribution is 0.474. The number of hydrogen-bond acceptors (Lipinski definition) is 1. The number of allylic oxidation sites excluding steroid dienone is 4. The SMILES string of the molecule is CCCCC=CCC=CCCCCCCc1cccc(O)c1. The van der Waals surface area contributed by atoms with E-state index in [1.54, 1.807) is 6.07 Å². The van der Waals surface area contributed by atoms with Crippen LogP contribution in [-0.4, -0.2) is 5.11 Å². The van der Waals surface area contributed by atoms with Gasteiger partial charge in [0.1, 0.15) is 5.75 Å². The fourth-order valence-corrected chi connectivity index (χ4v) is 2.49. The summed E-state index contributed by atoms with van der Waals surface area (Å²) < 4.78 is 0. The quantitative estimate of drug-likeness (QED) is 0.341. The average Bonchev–Trinajstić information content (AvgIpc) is 2.52. The van der Waals surface area contributed by atoms with Gasteiger partial charge in [-0.2, -0.15) is 0 Å². The van der Waals surface area contributed by atoms with Crippen LogP contribution in [0.4, 0.5) is 0 Å². The molecule has 0 heterocycles. The lowest BCUT2D eigenvalue weighted by Gasteiger charge is -2.02. The number of rotatable bonds is 12. The van der Waals surface area contributed by atoms with Gasteiger partial charge < -0.3 is 5.11 Å². The first kappa shape index (κ1) is 18.5. The van der Waals surface area contributed by atoms with E-state index in [0.717, 1.165) is 12.8 Å². The molecule has 1 rings (SSSR count). The molecule has 0 amide bonds. The summed E-state index contributed by atoms with van der Waals surface area (Å²) in [6.45, 7) is 2.23. The minimum absolute atomic E-state index is 0.381. The third kappa shape index (κ3) is 10.3. The zero-order chi connectivity index (χ0) is 15.9. The van der Waals surface area contributed by atoms with Crippen LogP contribution in [0, 0.1) is 0 Å². The Hall–Kier alpha value is -1.50. The van der Waals surface area contributed by atoms with Crippen LogP contribution in [0.1, 0.15) is 70.3 Å². The molecule has 0 saturated heterocycles. The van der Waals surface area contributed by atoms with Gasteiger partial charge in [-0.1, -0.05) is 69.0 Å². The third-order valence-corrected chi connectivity index (χ3v) is 3.83. The van der Waals surface area contributed by atoms with E-state index in [2.05, 4.69) is 37.3 Å². The van der Waals surface area contributed by atoms with Crippen LogP contribution in [0.25, 0.3) is 0 Å². The van der Waals surface area contributed by atoms with Crippen LogP contribution in [0.3, 0.4) is 0 Å². The smallest absolute Gasteiger partial charge is 0.115 e. The van der Waals surface area contributed by atoms with Gasteiger partial charge in [0, 0.05) is 0 Å². The van der Waals surface area contributed by atoms with Crippen molar-refractivity contribution < 1.29 is 5.11 Å². The second-order valence-electron chi connectivity index (χ2n) is 5.94. The van der Waals surface area contributed by atoms with Crippen LogP contribution >= 0.6 is 0 Å². The first-order valence-corrected chi connectivity index (χ1v) is 8.91. The molecule has 0 unspecified atom stereocenters. The lowest BCUT2D eigenvalue weighted by atomic mass is 10.1. The molecule has 1 N–H and O–H groups in total. The Morgan fingerprint density at radius 2 is 1.59 bits per heavy atom. The predicted octanol–water partition coefficient (Wildman–Crippen LogP) is 6.58. The monoisotopic (exact) mass is 300 g/mol. The normalized spacial score (nSPS) is 11.7. The average molecular weight is 300 g/mol. The lowest BCUT2D eigenvalue weighted by Crippen LogP contribution is -1.85. The standard InChI is InChI=1S/C21H32O/c1-2-3-4-5-6-7-8-9-10-11-12-13-14-16-20-17-15-18-21(22)19-20/h5-6,8-9,15,17-19,22H,2-4,7,10-14,16H2,1H3. The van der Waals surface area contributed by atoms with Gasteiger partial charge in [0.15, 0.2) is 0 Å². The summed E-state index contributed by atoms with van der Waals surface area (Å²) in [4.78, 5) is 0. The van der Waals surface area contributed by atoms with Crippen molar-refractivity contribution in [2.45, 2.75) is 71.1 Å². The van der Waals surface area contributed by atoms with Gasteiger partial charge >= 0.3 is 0 Å². The van der Waals surface area contributed by atoms with Crippen LogP contribution in [0.15, 0.2) is 48.6 Å². The third-order valence-electron chi connectivity index (χ3n) is 3.83. The van der Waals surface area contributed by atoms with Gasteiger partial charge in [0.05, 0.1) is 0 Å². The Morgan fingerprint density at radius 1 is 0.864 bits per heavy atom. The van der Waals surface area contributed by atoms with E-state index in [1.165, 1.54) is 56.9 Å². The molecule has 0 radical (unpaired) electrons. The minimum atomic E-state index is 0.381. The predicted molar refractivity (Wildman–Crippen MR) is 97.3 cm³/mol. The molecule has 1 nitrogen and oxygen atoms in total. The first-order chi connectivity index (χ1) is 10.8. The largest absolute Gasteiger partial charge is 0.508 e. The molecule has 0 aliphatic carbocycles. The van der Waals surface area contributed by atoms with E-state index in [-0.39, 0.29) is 0 Å². The van der Waals surface area contributed by atoms with Crippen molar-refractivity contribution in [3.8, 4) is 5.75 Å². The summed E-state index contributed by atoms with van der Waals surface area (Å²) in [5, 5.41) is 9.40. The highest BCUT2D eigenvalue weighted by atomic mass is 16.3. The minimum Gasteiger partial charge on any atom is -0.508 e. The van der Waals surface area contributed by atoms with Gasteiger partial charge in [-0.3, -0.25) is 0 Å². The number of phenols is 1. The van der Waals surface area contributed by atoms with Gasteiger partial charge in [-0.05, 0) is 56.2 Å². The second-order valence-corrected chi connectivity index (χ2v) is 5.94. The van der Waals surface area contributed by atoms with E-state index >= 15 is 0 Å². The summed E-state index contributed by atoms with van der Waals surface area (Å²) >= 11 is 0. The number of hydrogen-bond donors (Lipinski definition) is 1. The van der Waals surface area contributed by atoms with Crippen molar-refractivity contribution in [1.82, 2.24) is 0 Å². The topological polar surface area (TPSA) is 20.2 Å². The molecular weight excluding hydrogens is 268 g/mol. The molecule has 1 heteroatoms. The molecule has 0 saturated carbocycles. The number of phenolic OH excluding ortho intramolecular Hbond substituents is 1. The van der Waals surface area contributed by atoms with Crippen molar-refractivity contribution in [2.24, 2.45) is 0 Å². The molecule has 0 spiro atoms. The maximum Gasteiger partial charge on any atom is 0.115 e. The Labute approximate surface area is 136 Å². The number of aromatic hydroxyl groups is 1. The van der Waals surface area contributed by atoms with E-state index in [4.69, 9.17) is 0 Å². The van der Waals surface area contributed by atoms with E-state index in [0.29, 0.717) is 5.75 Å². The fourth-order valence-electron chi connectivity index (χ4n) is 2.49. The summed E-state index contributed by atoms with van der Waals surface area (Å²) in [5.41, 5.74) is 1.25. The van der Waals surface area contributed by atoms with Gasteiger partial charge in [-0.25, -0.2) is 0 Å². The van der Waals surface area contributed by atoms with Crippen molar-refractivity contribution in [3.05, 3.63) is 54.1 Å². The molecule has 0 fully saturated rings. The number of unbranched alkanes of at least 4 members (excludes halogenated alkanes) is 6. The number of benzene rings is 1. The Bertz CT molecular complexity index is 431. The molecule has 22 heavy (non-hydrogen) atoms. The van der Waals surface area contributed by atoms with E-state index in [9.17, 15) is 5.11 Å². The Morgan fingerprint density at radius 3 is 2.32 bits per heavy atom. The Balaban J connectivity index is 1.92. The summed E-state index contributed by atoms with van der Waals surface area (Å²) in [7, 11) is 0. The number of aryl methyl sites for hydroxylation is 1. The van der Waals surface area contributed by atoms with Crippen LogP contribution in [0.5, 0.6) is 5.75 Å². The summed E-state index contributed by atoms with van der Waals surface area (Å²) in [5.74, 6) is 0.381. The first-order valence-electron chi connectivity index (χ1n) is 8.91. The highest BCUT2D eigenvalue weighted by Crippen LogP contribution is 2.14. The Kier molecular flexibility index (Phi) is 11.1. The van der Waals surface area contributed by atoms with Crippen LogP contribution < -0.4 is 0 Å². The second kappa shape index (κ2) is 13.2.